The van der Waals surface area contributed by atoms with Gasteiger partial charge in [-0.2, -0.15) is 0 Å². The quantitative estimate of drug-likeness (QED) is 0.573. The number of imidazole rings is 1. The Morgan fingerprint density at radius 1 is 0.929 bits per heavy atom. The van der Waals surface area contributed by atoms with Crippen LogP contribution >= 0.6 is 0 Å². The van der Waals surface area contributed by atoms with Crippen LogP contribution in [0.4, 0.5) is 5.69 Å². The van der Waals surface area contributed by atoms with Crippen molar-refractivity contribution in [3.8, 4) is 17.4 Å². The van der Waals surface area contributed by atoms with Crippen molar-refractivity contribution in [1.29, 1.82) is 0 Å². The van der Waals surface area contributed by atoms with E-state index in [9.17, 15) is 4.79 Å². The lowest BCUT2D eigenvalue weighted by atomic mass is 10.2. The first-order chi connectivity index (χ1) is 13.7. The number of aryl methyl sites for hydroxylation is 1. The molecule has 0 aliphatic rings. The van der Waals surface area contributed by atoms with Gasteiger partial charge in [-0.25, -0.2) is 15.0 Å². The van der Waals surface area contributed by atoms with Crippen LogP contribution in [0.3, 0.4) is 0 Å². The lowest BCUT2D eigenvalue weighted by molar-refractivity contribution is 0.102. The molecule has 0 aliphatic heterocycles. The minimum Gasteiger partial charge on any atom is -0.457 e. The fraction of sp³-hybridized carbons (Fsp3) is 0.0476. The Labute approximate surface area is 161 Å². The molecule has 1 amide bonds. The molecular weight excluding hydrogens is 354 g/mol. The van der Waals surface area contributed by atoms with E-state index in [1.807, 2.05) is 37.3 Å². The number of carbonyl (C=O) groups is 1. The van der Waals surface area contributed by atoms with E-state index in [4.69, 9.17) is 4.74 Å². The molecule has 1 N–H and O–H groups in total. The Morgan fingerprint density at radius 2 is 1.61 bits per heavy atom. The SMILES string of the molecule is Cc1nccn1-c1ncc(NC(=O)c2ccc(Oc3ccccc3)cc2)cn1. The molecule has 0 fully saturated rings. The molecule has 2 aromatic carbocycles. The maximum atomic E-state index is 12.4. The topological polar surface area (TPSA) is 81.9 Å². The Balaban J connectivity index is 1.41. The lowest BCUT2D eigenvalue weighted by Crippen LogP contribution is -2.13. The second-order valence-electron chi connectivity index (χ2n) is 6.01. The van der Waals surface area contributed by atoms with Crippen molar-refractivity contribution in [3.05, 3.63) is 90.8 Å². The number of hydrogen-bond acceptors (Lipinski definition) is 5. The number of nitrogens with one attached hydrogen (secondary N) is 1. The molecule has 2 aromatic heterocycles. The van der Waals surface area contributed by atoms with Gasteiger partial charge in [0, 0.05) is 18.0 Å². The van der Waals surface area contributed by atoms with Crippen LogP contribution in [0.1, 0.15) is 16.2 Å². The van der Waals surface area contributed by atoms with Crippen LogP contribution in [0.2, 0.25) is 0 Å². The first kappa shape index (κ1) is 17.4. The molecule has 0 atom stereocenters. The van der Waals surface area contributed by atoms with Crippen LogP contribution < -0.4 is 10.1 Å². The number of amides is 1. The second kappa shape index (κ2) is 7.71. The number of carbonyl (C=O) groups excluding carboxylic acids is 1. The highest BCUT2D eigenvalue weighted by Gasteiger charge is 2.09. The number of ether oxygens (including phenoxy) is 1. The first-order valence-electron chi connectivity index (χ1n) is 8.66. The zero-order chi connectivity index (χ0) is 19.3. The summed E-state index contributed by atoms with van der Waals surface area (Å²) in [6.07, 6.45) is 6.58. The standard InChI is InChI=1S/C21H17N5O2/c1-15-22-11-12-26(15)21-23-13-17(14-24-21)25-20(27)16-7-9-19(10-8-16)28-18-5-3-2-4-6-18/h2-14H,1H3,(H,25,27). The monoisotopic (exact) mass is 371 g/mol. The minimum absolute atomic E-state index is 0.249. The summed E-state index contributed by atoms with van der Waals surface area (Å²) in [5, 5.41) is 2.78. The average Bonchev–Trinajstić information content (AvgIpc) is 3.16. The van der Waals surface area contributed by atoms with Gasteiger partial charge in [0.2, 0.25) is 5.95 Å². The van der Waals surface area contributed by atoms with Crippen molar-refractivity contribution >= 4 is 11.6 Å². The van der Waals surface area contributed by atoms with Crippen molar-refractivity contribution in [2.45, 2.75) is 6.92 Å². The van der Waals surface area contributed by atoms with E-state index in [0.717, 1.165) is 11.6 Å². The molecular formula is C21H17N5O2. The third-order valence-electron chi connectivity index (χ3n) is 4.03. The third-order valence-corrected chi connectivity index (χ3v) is 4.03. The van der Waals surface area contributed by atoms with E-state index in [0.29, 0.717) is 22.9 Å². The van der Waals surface area contributed by atoms with E-state index in [1.165, 1.54) is 0 Å². The summed E-state index contributed by atoms with van der Waals surface area (Å²) in [4.78, 5) is 25.1. The molecule has 0 bridgehead atoms. The molecule has 7 heteroatoms. The van der Waals surface area contributed by atoms with Gasteiger partial charge in [-0.3, -0.25) is 9.36 Å². The van der Waals surface area contributed by atoms with Gasteiger partial charge in [-0.1, -0.05) is 18.2 Å². The number of para-hydroxylation sites is 1. The molecule has 2 heterocycles. The number of aromatic nitrogens is 4. The highest BCUT2D eigenvalue weighted by atomic mass is 16.5. The smallest absolute Gasteiger partial charge is 0.255 e. The van der Waals surface area contributed by atoms with Crippen LogP contribution in [0.25, 0.3) is 5.95 Å². The van der Waals surface area contributed by atoms with Crippen molar-refractivity contribution in [2.24, 2.45) is 0 Å². The maximum Gasteiger partial charge on any atom is 0.255 e. The number of rotatable bonds is 5. The summed E-state index contributed by atoms with van der Waals surface area (Å²) >= 11 is 0. The predicted molar refractivity (Wildman–Crippen MR) is 105 cm³/mol. The van der Waals surface area contributed by atoms with Crippen molar-refractivity contribution in [2.75, 3.05) is 5.32 Å². The zero-order valence-corrected chi connectivity index (χ0v) is 15.1. The highest BCUT2D eigenvalue weighted by Crippen LogP contribution is 2.21. The van der Waals surface area contributed by atoms with Crippen LogP contribution in [0.5, 0.6) is 11.5 Å². The molecule has 0 spiro atoms. The predicted octanol–water partition coefficient (Wildman–Crippen LogP) is 4.02. The number of anilines is 1. The Morgan fingerprint density at radius 3 is 2.25 bits per heavy atom. The van der Waals surface area contributed by atoms with Crippen LogP contribution in [-0.2, 0) is 0 Å². The van der Waals surface area contributed by atoms with Crippen molar-refractivity contribution in [3.63, 3.8) is 0 Å². The minimum atomic E-state index is -0.249. The second-order valence-corrected chi connectivity index (χ2v) is 6.01. The Bertz CT molecular complexity index is 1070. The van der Waals surface area contributed by atoms with Gasteiger partial charge in [-0.15, -0.1) is 0 Å². The Hall–Kier alpha value is -4.00. The number of benzene rings is 2. The maximum absolute atomic E-state index is 12.4. The number of hydrogen-bond donors (Lipinski definition) is 1. The van der Waals surface area contributed by atoms with Gasteiger partial charge in [0.15, 0.2) is 0 Å². The molecule has 0 saturated heterocycles. The summed E-state index contributed by atoms with van der Waals surface area (Å²) in [6.45, 7) is 1.87. The van der Waals surface area contributed by atoms with Gasteiger partial charge < -0.3 is 10.1 Å². The molecule has 7 nitrogen and oxygen atoms in total. The summed E-state index contributed by atoms with van der Waals surface area (Å²) in [5.74, 6) is 2.43. The van der Waals surface area contributed by atoms with E-state index in [-0.39, 0.29) is 5.91 Å². The molecule has 4 aromatic rings. The van der Waals surface area contributed by atoms with E-state index >= 15 is 0 Å². The first-order valence-corrected chi connectivity index (χ1v) is 8.66. The van der Waals surface area contributed by atoms with Gasteiger partial charge in [0.25, 0.3) is 5.91 Å². The van der Waals surface area contributed by atoms with E-state index < -0.39 is 0 Å². The van der Waals surface area contributed by atoms with E-state index in [2.05, 4.69) is 20.3 Å². The molecule has 28 heavy (non-hydrogen) atoms. The average molecular weight is 371 g/mol. The third kappa shape index (κ3) is 3.88. The van der Waals surface area contributed by atoms with Crippen LogP contribution in [0.15, 0.2) is 79.4 Å². The van der Waals surface area contributed by atoms with Gasteiger partial charge in [0.05, 0.1) is 18.1 Å². The molecule has 138 valence electrons. The molecule has 0 unspecified atom stereocenters. The normalized spacial score (nSPS) is 10.5. The van der Waals surface area contributed by atoms with Crippen LogP contribution in [-0.4, -0.2) is 25.4 Å². The molecule has 0 radical (unpaired) electrons. The molecule has 0 aliphatic carbocycles. The largest absolute Gasteiger partial charge is 0.457 e. The van der Waals surface area contributed by atoms with Crippen LogP contribution in [0, 0.1) is 6.92 Å². The van der Waals surface area contributed by atoms with Gasteiger partial charge in [-0.05, 0) is 43.3 Å². The van der Waals surface area contributed by atoms with Crippen molar-refractivity contribution < 1.29 is 9.53 Å². The summed E-state index contributed by atoms with van der Waals surface area (Å²) < 4.78 is 7.49. The lowest BCUT2D eigenvalue weighted by Gasteiger charge is -2.08. The summed E-state index contributed by atoms with van der Waals surface area (Å²) in [5.41, 5.74) is 1.02. The molecule has 4 rings (SSSR count). The summed E-state index contributed by atoms with van der Waals surface area (Å²) in [6, 6.07) is 16.4. The van der Waals surface area contributed by atoms with E-state index in [1.54, 1.807) is 53.6 Å². The van der Waals surface area contributed by atoms with Crippen molar-refractivity contribution in [1.82, 2.24) is 19.5 Å². The summed E-state index contributed by atoms with van der Waals surface area (Å²) in [7, 11) is 0. The van der Waals surface area contributed by atoms with Gasteiger partial charge >= 0.3 is 0 Å². The fourth-order valence-corrected chi connectivity index (χ4v) is 2.60. The fourth-order valence-electron chi connectivity index (χ4n) is 2.60. The zero-order valence-electron chi connectivity index (χ0n) is 15.1. The molecule has 0 saturated carbocycles. The number of nitrogens with zero attached hydrogens (tertiary/aromatic N) is 4. The van der Waals surface area contributed by atoms with Gasteiger partial charge in [0.1, 0.15) is 17.3 Å². The highest BCUT2D eigenvalue weighted by molar-refractivity contribution is 6.04. The Kier molecular flexibility index (Phi) is 4.79.